The average Bonchev–Trinajstić information content (AvgIpc) is 3.19. The number of hydrogen-bond donors (Lipinski definition) is 1. The first-order valence-electron chi connectivity index (χ1n) is 11.4. The summed E-state index contributed by atoms with van der Waals surface area (Å²) in [5.41, 5.74) is 3.44. The van der Waals surface area contributed by atoms with E-state index in [0.717, 1.165) is 55.1 Å². The van der Waals surface area contributed by atoms with Gasteiger partial charge in [0.25, 0.3) is 0 Å². The summed E-state index contributed by atoms with van der Waals surface area (Å²) in [4.78, 5) is 38.8. The van der Waals surface area contributed by atoms with Crippen LogP contribution in [0.4, 0.5) is 5.95 Å². The Bertz CT molecular complexity index is 1170. The summed E-state index contributed by atoms with van der Waals surface area (Å²) in [6.45, 7) is 7.15. The Morgan fingerprint density at radius 2 is 1.94 bits per heavy atom. The number of para-hydroxylation sites is 2. The van der Waals surface area contributed by atoms with Crippen molar-refractivity contribution >= 4 is 28.8 Å². The maximum Gasteiger partial charge on any atom is 0.237 e. The Labute approximate surface area is 192 Å². The predicted molar refractivity (Wildman–Crippen MR) is 124 cm³/mol. The fraction of sp³-hybridized carbons (Fsp3) is 0.417. The molecule has 2 aliphatic rings. The third-order valence-electron chi connectivity index (χ3n) is 6.42. The maximum atomic E-state index is 13.5. The summed E-state index contributed by atoms with van der Waals surface area (Å²) in [6.07, 6.45) is 1.69. The Hall–Kier alpha value is -3.30. The molecule has 2 amide bonds. The van der Waals surface area contributed by atoms with Gasteiger partial charge in [0.05, 0.1) is 35.9 Å². The third kappa shape index (κ3) is 4.46. The van der Waals surface area contributed by atoms with Gasteiger partial charge < -0.3 is 14.2 Å². The zero-order valence-corrected chi connectivity index (χ0v) is 18.7. The molecule has 1 unspecified atom stereocenters. The first-order chi connectivity index (χ1) is 16.1. The van der Waals surface area contributed by atoms with E-state index in [9.17, 15) is 9.59 Å². The molecule has 5 rings (SSSR count). The number of carbonyl (C=O) groups excluding carboxylic acids is 2. The van der Waals surface area contributed by atoms with Crippen molar-refractivity contribution in [2.45, 2.75) is 25.9 Å². The number of imidazole rings is 1. The molecule has 1 atom stereocenters. The molecule has 1 aromatic carbocycles. The zero-order chi connectivity index (χ0) is 22.8. The fourth-order valence-corrected chi connectivity index (χ4v) is 4.58. The number of amides is 2. The highest BCUT2D eigenvalue weighted by molar-refractivity contribution is 5.96. The van der Waals surface area contributed by atoms with Crippen molar-refractivity contribution in [3.8, 4) is 0 Å². The van der Waals surface area contributed by atoms with E-state index < -0.39 is 5.92 Å². The minimum Gasteiger partial charge on any atom is -0.379 e. The van der Waals surface area contributed by atoms with Crippen molar-refractivity contribution in [1.82, 2.24) is 24.3 Å². The van der Waals surface area contributed by atoms with Gasteiger partial charge >= 0.3 is 0 Å². The van der Waals surface area contributed by atoms with Crippen molar-refractivity contribution in [2.24, 2.45) is 0 Å². The van der Waals surface area contributed by atoms with E-state index in [1.54, 1.807) is 11.1 Å². The SMILES string of the molecule is CC(=O)N1Cc2cccnc2C(C(=O)Nc2nc3ccccc3n2CCN2CCOCC2)C1. The summed E-state index contributed by atoms with van der Waals surface area (Å²) in [5.74, 6) is -0.290. The second kappa shape index (κ2) is 9.29. The number of carbonyl (C=O) groups is 2. The van der Waals surface area contributed by atoms with Crippen LogP contribution in [-0.2, 0) is 27.4 Å². The van der Waals surface area contributed by atoms with Gasteiger partial charge in [0.2, 0.25) is 17.8 Å². The second-order valence-corrected chi connectivity index (χ2v) is 8.52. The molecule has 0 spiro atoms. The van der Waals surface area contributed by atoms with Gasteiger partial charge in [0, 0.05) is 52.4 Å². The number of hydrogen-bond acceptors (Lipinski definition) is 6. The number of anilines is 1. The van der Waals surface area contributed by atoms with Crippen LogP contribution in [0.5, 0.6) is 0 Å². The number of ether oxygens (including phenoxy) is 1. The smallest absolute Gasteiger partial charge is 0.237 e. The number of aromatic nitrogens is 3. The molecule has 33 heavy (non-hydrogen) atoms. The van der Waals surface area contributed by atoms with Crippen LogP contribution in [0.15, 0.2) is 42.6 Å². The molecule has 0 radical (unpaired) electrons. The van der Waals surface area contributed by atoms with Crippen LogP contribution < -0.4 is 5.32 Å². The molecule has 2 aromatic heterocycles. The standard InChI is InChI=1S/C24H28N6O3/c1-17(31)29-15-18-5-4-8-25-22(18)19(16-29)23(32)27-24-26-20-6-2-3-7-21(20)30(24)10-9-28-11-13-33-14-12-28/h2-8,19H,9-16H2,1H3,(H,26,27,32). The van der Waals surface area contributed by atoms with Gasteiger partial charge in [-0.3, -0.25) is 24.8 Å². The van der Waals surface area contributed by atoms with E-state index >= 15 is 0 Å². The summed E-state index contributed by atoms with van der Waals surface area (Å²) >= 11 is 0. The van der Waals surface area contributed by atoms with Gasteiger partial charge in [0.1, 0.15) is 0 Å². The van der Waals surface area contributed by atoms with Crippen LogP contribution in [-0.4, -0.2) is 75.5 Å². The fourth-order valence-electron chi connectivity index (χ4n) is 4.58. The molecular weight excluding hydrogens is 420 g/mol. The van der Waals surface area contributed by atoms with Crippen LogP contribution in [0.2, 0.25) is 0 Å². The van der Waals surface area contributed by atoms with Gasteiger partial charge in [0.15, 0.2) is 0 Å². The lowest BCUT2D eigenvalue weighted by atomic mass is 9.94. The number of fused-ring (bicyclic) bond motifs is 2. The van der Waals surface area contributed by atoms with Crippen molar-refractivity contribution < 1.29 is 14.3 Å². The van der Waals surface area contributed by atoms with E-state index in [1.807, 2.05) is 36.4 Å². The lowest BCUT2D eigenvalue weighted by Crippen LogP contribution is -2.42. The average molecular weight is 449 g/mol. The van der Waals surface area contributed by atoms with E-state index in [1.165, 1.54) is 6.92 Å². The summed E-state index contributed by atoms with van der Waals surface area (Å²) in [5, 5.41) is 3.05. The molecule has 9 nitrogen and oxygen atoms in total. The maximum absolute atomic E-state index is 13.5. The van der Waals surface area contributed by atoms with Crippen molar-refractivity contribution in [1.29, 1.82) is 0 Å². The van der Waals surface area contributed by atoms with Crippen LogP contribution >= 0.6 is 0 Å². The van der Waals surface area contributed by atoms with Gasteiger partial charge in [-0.15, -0.1) is 0 Å². The Kier molecular flexibility index (Phi) is 6.06. The molecule has 0 aliphatic carbocycles. The molecule has 1 N–H and O–H groups in total. The number of morpholine rings is 1. The van der Waals surface area contributed by atoms with Crippen molar-refractivity contribution in [2.75, 3.05) is 44.7 Å². The molecular formula is C24H28N6O3. The molecule has 1 fully saturated rings. The van der Waals surface area contributed by atoms with Crippen LogP contribution in [0.25, 0.3) is 11.0 Å². The lowest BCUT2D eigenvalue weighted by molar-refractivity contribution is -0.131. The largest absolute Gasteiger partial charge is 0.379 e. The number of rotatable bonds is 5. The van der Waals surface area contributed by atoms with E-state index in [0.29, 0.717) is 25.6 Å². The molecule has 1 saturated heterocycles. The van der Waals surface area contributed by atoms with Gasteiger partial charge in [-0.25, -0.2) is 4.98 Å². The monoisotopic (exact) mass is 448 g/mol. The van der Waals surface area contributed by atoms with Crippen LogP contribution in [0, 0.1) is 0 Å². The molecule has 2 aliphatic heterocycles. The van der Waals surface area contributed by atoms with E-state index in [-0.39, 0.29) is 11.8 Å². The number of nitrogens with zero attached hydrogens (tertiary/aromatic N) is 5. The third-order valence-corrected chi connectivity index (χ3v) is 6.42. The number of nitrogens with one attached hydrogen (secondary N) is 1. The van der Waals surface area contributed by atoms with Crippen molar-refractivity contribution in [3.63, 3.8) is 0 Å². The van der Waals surface area contributed by atoms with Gasteiger partial charge in [-0.2, -0.15) is 0 Å². The first-order valence-corrected chi connectivity index (χ1v) is 11.4. The second-order valence-electron chi connectivity index (χ2n) is 8.52. The first kappa shape index (κ1) is 21.5. The normalized spacial score (nSPS) is 18.8. The minimum absolute atomic E-state index is 0.0555. The van der Waals surface area contributed by atoms with Crippen molar-refractivity contribution in [3.05, 3.63) is 53.9 Å². The topological polar surface area (TPSA) is 92.6 Å². The predicted octanol–water partition coefficient (Wildman–Crippen LogP) is 1.85. The highest BCUT2D eigenvalue weighted by atomic mass is 16.5. The van der Waals surface area contributed by atoms with E-state index in [4.69, 9.17) is 9.72 Å². The summed E-state index contributed by atoms with van der Waals surface area (Å²) in [7, 11) is 0. The highest BCUT2D eigenvalue weighted by Gasteiger charge is 2.33. The number of benzene rings is 1. The minimum atomic E-state index is -0.550. The molecule has 0 saturated carbocycles. The molecule has 9 heteroatoms. The van der Waals surface area contributed by atoms with Gasteiger partial charge in [-0.05, 0) is 23.8 Å². The van der Waals surface area contributed by atoms with Crippen LogP contribution in [0.3, 0.4) is 0 Å². The summed E-state index contributed by atoms with van der Waals surface area (Å²) < 4.78 is 7.52. The quantitative estimate of drug-likeness (QED) is 0.641. The highest BCUT2D eigenvalue weighted by Crippen LogP contribution is 2.28. The zero-order valence-electron chi connectivity index (χ0n) is 18.7. The molecule has 172 valence electrons. The lowest BCUT2D eigenvalue weighted by Gasteiger charge is -2.32. The Balaban J connectivity index is 1.41. The Morgan fingerprint density at radius 1 is 1.12 bits per heavy atom. The molecule has 3 aromatic rings. The summed E-state index contributed by atoms with van der Waals surface area (Å²) in [6, 6.07) is 11.7. The van der Waals surface area contributed by atoms with Gasteiger partial charge in [-0.1, -0.05) is 18.2 Å². The van der Waals surface area contributed by atoms with Crippen LogP contribution in [0.1, 0.15) is 24.1 Å². The van der Waals surface area contributed by atoms with E-state index in [2.05, 4.69) is 19.8 Å². The Morgan fingerprint density at radius 3 is 2.76 bits per heavy atom. The molecule has 4 heterocycles. The number of pyridine rings is 1. The molecule has 0 bridgehead atoms.